The van der Waals surface area contributed by atoms with Gasteiger partial charge in [-0.1, -0.05) is 13.8 Å². The minimum atomic E-state index is -5.12. The molecule has 2 aromatic heterocycles. The molecule has 3 saturated heterocycles. The second-order valence-corrected chi connectivity index (χ2v) is 29.5. The molecule has 6 heterocycles. The summed E-state index contributed by atoms with van der Waals surface area (Å²) in [6.45, 7) is 13.1. The van der Waals surface area contributed by atoms with Crippen molar-refractivity contribution in [3.8, 4) is 22.4 Å². The molecule has 5 atom stereocenters. The summed E-state index contributed by atoms with van der Waals surface area (Å²) in [5.74, 6) is -3.54. The second-order valence-electron chi connectivity index (χ2n) is 19.5. The van der Waals surface area contributed by atoms with Crippen molar-refractivity contribution in [3.05, 3.63) is 90.3 Å². The van der Waals surface area contributed by atoms with Gasteiger partial charge in [0.25, 0.3) is 0 Å². The van der Waals surface area contributed by atoms with Crippen LogP contribution in [0.2, 0.25) is 3.67 Å². The van der Waals surface area contributed by atoms with Gasteiger partial charge in [-0.2, -0.15) is 0 Å². The zero-order valence-corrected chi connectivity index (χ0v) is 43.8. The van der Waals surface area contributed by atoms with E-state index in [-0.39, 0.29) is 38.6 Å². The van der Waals surface area contributed by atoms with E-state index < -0.39 is 88.8 Å². The summed E-state index contributed by atoms with van der Waals surface area (Å²) < 4.78 is 45.0. The average molecular weight is 1130 g/mol. The molecule has 2 unspecified atom stereocenters. The third-order valence-corrected chi connectivity index (χ3v) is 26.2. The third kappa shape index (κ3) is 8.03. The number of carbonyl (C=O) groups is 5. The summed E-state index contributed by atoms with van der Waals surface area (Å²) in [5.41, 5.74) is 7.86. The van der Waals surface area contributed by atoms with Gasteiger partial charge in [0.2, 0.25) is 0 Å². The maximum atomic E-state index is 16.1. The minimum absolute atomic E-state index is 0.00184. The molecule has 3 amide bonds. The fourth-order valence-corrected chi connectivity index (χ4v) is 21.6. The number of hydrogen-bond acceptors (Lipinski definition) is 10. The summed E-state index contributed by atoms with van der Waals surface area (Å²) >= 11 is -3.13. The van der Waals surface area contributed by atoms with E-state index >= 15 is 8.78 Å². The topological polar surface area (TPSA) is 161 Å². The van der Waals surface area contributed by atoms with Crippen molar-refractivity contribution in [2.24, 2.45) is 11.3 Å². The molecule has 67 heavy (non-hydrogen) atoms. The molecule has 5 aliphatic rings. The van der Waals surface area contributed by atoms with E-state index in [1.54, 1.807) is 27.2 Å². The van der Waals surface area contributed by atoms with Crippen molar-refractivity contribution in [1.82, 2.24) is 30.2 Å². The van der Waals surface area contributed by atoms with Gasteiger partial charge in [-0.15, -0.1) is 0 Å². The Balaban J connectivity index is 1.13. The number of nitrogens with one attached hydrogen (secondary N) is 2. The molecule has 4 aliphatic heterocycles. The van der Waals surface area contributed by atoms with Crippen LogP contribution >= 0.6 is 22.6 Å². The average Bonchev–Trinajstić information content (AvgIpc) is 3.73. The van der Waals surface area contributed by atoms with Crippen molar-refractivity contribution < 1.29 is 47.0 Å². The Morgan fingerprint density at radius 1 is 1.10 bits per heavy atom. The van der Waals surface area contributed by atoms with Crippen LogP contribution in [0.3, 0.4) is 0 Å². The Morgan fingerprint density at radius 2 is 1.85 bits per heavy atom. The van der Waals surface area contributed by atoms with Crippen molar-refractivity contribution >= 4 is 82.2 Å². The first-order valence-electron chi connectivity index (χ1n) is 22.8. The number of pyridine rings is 1. The standard InChI is InChI=1S/C41H47IN5O5.C8H7F2NO3.In/c1-7-46-31-15-14-27-22-29(31)33-34(37(51-6)35-28(36(33)46)13-9-17-43-35)40(4,5)23-52-39(50)41(42)16-10-18-47(45-41)38(49)30(44-32(48)19-24(2)3)21-25-11-8-12-26(27)20-25;1-2-6(13)11-3-8(4-11,5-12)14-7(9)10;/h8-9,11-15,17,19-20,22,24,30,34,37,45H,7,10,16,18,21,23H2,1-6H3,(H,44,48);2H,1,3-4H2;/t30?,34?,37-,41+;;/m0../s1. The van der Waals surface area contributed by atoms with Crippen LogP contribution in [-0.2, 0) is 51.1 Å². The number of aromatic nitrogens is 2. The van der Waals surface area contributed by atoms with Crippen LogP contribution in [0.5, 0.6) is 0 Å². The molecule has 9 rings (SSSR count). The summed E-state index contributed by atoms with van der Waals surface area (Å²) in [4.78, 5) is 76.3. The molecule has 14 nitrogen and oxygen atoms in total. The van der Waals surface area contributed by atoms with Gasteiger partial charge in [-0.25, -0.2) is 0 Å². The van der Waals surface area contributed by atoms with E-state index in [9.17, 15) is 24.0 Å². The van der Waals surface area contributed by atoms with Crippen molar-refractivity contribution in [1.29, 1.82) is 0 Å². The molecule has 1 spiro atoms. The Bertz CT molecular complexity index is 2720. The number of cyclic esters (lactones) is 1. The zero-order valence-electron chi connectivity index (χ0n) is 38.4. The number of rotatable bonds is 7. The molecule has 3 fully saturated rings. The molecule has 2 N–H and O–H groups in total. The summed E-state index contributed by atoms with van der Waals surface area (Å²) in [5, 5.41) is 5.17. The molecule has 352 valence electrons. The number of hydrogen-bond donors (Lipinski definition) is 2. The Hall–Kier alpha value is -4.24. The van der Waals surface area contributed by atoms with Gasteiger partial charge in [-0.05, 0) is 19.1 Å². The summed E-state index contributed by atoms with van der Waals surface area (Å²) in [6.07, 6.45) is 3.04. The number of hydrazine groups is 1. The number of alkyl halides is 3. The second kappa shape index (κ2) is 17.6. The SMILES string of the molecule is C=CC(=O)N1CC2(C1)O[C](F)(F)[In]([C@H](C(=O)NC1Cc3cccc(c3)-c3ccc4c(c3)c3c(n4CC)-c4cccnc4[C@@H](OC)C3C(C)(C)COC(=O)[C@@]3(I)CCCN(N3)C1=O)C(C)C)[C]2=O. The quantitative estimate of drug-likeness (QED) is 0.0679. The first kappa shape index (κ1) is 47.8. The molecule has 0 saturated carbocycles. The van der Waals surface area contributed by atoms with E-state index in [1.807, 2.05) is 52.9 Å². The van der Waals surface area contributed by atoms with Crippen LogP contribution in [0.25, 0.3) is 33.3 Å². The summed E-state index contributed by atoms with van der Waals surface area (Å²) in [7, 11) is 1.68. The van der Waals surface area contributed by atoms with Crippen LogP contribution < -0.4 is 10.7 Å². The molecular weight excluding hydrogens is 1080 g/mol. The Morgan fingerprint density at radius 3 is 2.55 bits per heavy atom. The Kier molecular flexibility index (Phi) is 12.6. The predicted molar refractivity (Wildman–Crippen MR) is 255 cm³/mol. The van der Waals surface area contributed by atoms with Gasteiger partial charge in [0, 0.05) is 31.3 Å². The van der Waals surface area contributed by atoms with E-state index in [0.29, 0.717) is 24.9 Å². The molecule has 1 aliphatic carbocycles. The monoisotopic (exact) mass is 1130 g/mol. The van der Waals surface area contributed by atoms with Crippen LogP contribution in [-0.4, -0.2) is 121 Å². The van der Waals surface area contributed by atoms with Crippen LogP contribution in [0.1, 0.15) is 76.3 Å². The number of amides is 3. The number of methoxy groups -OCH3 is 1. The van der Waals surface area contributed by atoms with Crippen molar-refractivity contribution in [2.75, 3.05) is 33.4 Å². The third-order valence-electron chi connectivity index (χ3n) is 14.4. The van der Waals surface area contributed by atoms with Gasteiger partial charge < -0.3 is 9.30 Å². The summed E-state index contributed by atoms with van der Waals surface area (Å²) in [6, 6.07) is 16.7. The molecule has 18 heteroatoms. The van der Waals surface area contributed by atoms with E-state index in [2.05, 4.69) is 66.9 Å². The number of esters is 1. The van der Waals surface area contributed by atoms with Gasteiger partial charge in [0.15, 0.2) is 0 Å². The first-order valence-corrected chi connectivity index (χ1v) is 29.1. The molecular formula is C49H54F2IInN6O8. The zero-order chi connectivity index (χ0) is 48.0. The van der Waals surface area contributed by atoms with Gasteiger partial charge in [-0.3, -0.25) is 4.98 Å². The molecule has 2 aromatic carbocycles. The number of aryl methyl sites for hydroxylation is 1. The van der Waals surface area contributed by atoms with Gasteiger partial charge in [0.05, 0.1) is 11.4 Å². The van der Waals surface area contributed by atoms with Gasteiger partial charge in [0.1, 0.15) is 6.10 Å². The van der Waals surface area contributed by atoms with Crippen LogP contribution in [0.15, 0.2) is 73.4 Å². The number of fused-ring (bicyclic) bond motifs is 8. The number of benzene rings is 2. The molecule has 0 radical (unpaired) electrons. The van der Waals surface area contributed by atoms with E-state index in [1.165, 1.54) is 9.91 Å². The fraction of sp³-hybridized carbons (Fsp3) is 0.469. The fourth-order valence-electron chi connectivity index (χ4n) is 11.1. The number of ether oxygens (including phenoxy) is 3. The van der Waals surface area contributed by atoms with Crippen LogP contribution in [0, 0.1) is 11.3 Å². The predicted octanol–water partition coefficient (Wildman–Crippen LogP) is 6.60. The normalized spacial score (nSPS) is 25.6. The first-order chi connectivity index (χ1) is 31.8. The number of halogens is 3. The number of likely N-dealkylation sites (tertiary alicyclic amines) is 1. The van der Waals surface area contributed by atoms with Gasteiger partial charge >= 0.3 is 316 Å². The van der Waals surface area contributed by atoms with Crippen molar-refractivity contribution in [3.63, 3.8) is 0 Å². The number of carbonyl (C=O) groups excluding carboxylic acids is 5. The maximum absolute atomic E-state index is 16.1. The molecule has 4 aromatic rings. The Labute approximate surface area is 409 Å². The van der Waals surface area contributed by atoms with Crippen LogP contribution in [0.4, 0.5) is 8.78 Å². The number of nitrogens with zero attached hydrogens (tertiary/aromatic N) is 4. The van der Waals surface area contributed by atoms with E-state index in [4.69, 9.17) is 19.2 Å². The van der Waals surface area contributed by atoms with Crippen molar-refractivity contribution in [2.45, 2.75) is 95.2 Å². The molecule has 6 bridgehead atoms. The van der Waals surface area contributed by atoms with E-state index in [0.717, 1.165) is 50.6 Å².